The Morgan fingerprint density at radius 3 is 2.57 bits per heavy atom. The molecule has 1 saturated heterocycles. The minimum Gasteiger partial charge on any atom is -0.507 e. The number of hydrogen-bond donors (Lipinski definition) is 1. The third-order valence-electron chi connectivity index (χ3n) is 5.94. The van der Waals surface area contributed by atoms with Crippen molar-refractivity contribution in [2.24, 2.45) is 0 Å². The van der Waals surface area contributed by atoms with E-state index in [-0.39, 0.29) is 22.2 Å². The van der Waals surface area contributed by atoms with Crippen LogP contribution >= 0.6 is 11.3 Å². The van der Waals surface area contributed by atoms with Gasteiger partial charge < -0.3 is 5.11 Å². The van der Waals surface area contributed by atoms with Crippen LogP contribution in [-0.2, 0) is 16.0 Å². The van der Waals surface area contributed by atoms with Crippen LogP contribution in [0.3, 0.4) is 0 Å². The van der Waals surface area contributed by atoms with E-state index in [0.717, 1.165) is 16.7 Å². The maximum atomic E-state index is 13.3. The lowest BCUT2D eigenvalue weighted by Gasteiger charge is -2.22. The Hall–Kier alpha value is -4.37. The zero-order valence-electron chi connectivity index (χ0n) is 18.5. The number of thiazole rings is 1. The number of amides is 1. The minimum absolute atomic E-state index is 0.143. The van der Waals surface area contributed by atoms with Gasteiger partial charge in [0.2, 0.25) is 0 Å². The number of carbonyl (C=O) groups is 2. The van der Waals surface area contributed by atoms with Crippen LogP contribution in [0.1, 0.15) is 29.7 Å². The number of non-ortho nitro benzene ring substituents is 1. The normalized spacial score (nSPS) is 17.3. The second-order valence-corrected chi connectivity index (χ2v) is 9.05. The molecule has 5 rings (SSSR count). The largest absolute Gasteiger partial charge is 0.507 e. The number of fused-ring (bicyclic) bond motifs is 1. The predicted molar refractivity (Wildman–Crippen MR) is 133 cm³/mol. The topological polar surface area (TPSA) is 114 Å². The van der Waals surface area contributed by atoms with Crippen LogP contribution < -0.4 is 4.90 Å². The molecule has 1 N–H and O–H groups in total. The molecule has 0 radical (unpaired) electrons. The third kappa shape index (κ3) is 3.85. The predicted octanol–water partition coefficient (Wildman–Crippen LogP) is 5.39. The number of carbonyl (C=O) groups excluding carboxylic acids is 2. The molecule has 1 fully saturated rings. The van der Waals surface area contributed by atoms with Gasteiger partial charge in [-0.1, -0.05) is 66.8 Å². The number of anilines is 1. The number of nitro benzene ring substituents is 1. The van der Waals surface area contributed by atoms with E-state index in [0.29, 0.717) is 16.6 Å². The molecule has 8 nitrogen and oxygen atoms in total. The molecule has 1 aromatic heterocycles. The molecule has 1 aliphatic rings. The number of nitrogens with zero attached hydrogens (tertiary/aromatic N) is 3. The molecule has 2 heterocycles. The monoisotopic (exact) mass is 485 g/mol. The Balaban J connectivity index is 1.74. The van der Waals surface area contributed by atoms with Crippen molar-refractivity contribution < 1.29 is 19.6 Å². The highest BCUT2D eigenvalue weighted by Crippen LogP contribution is 2.44. The molecule has 1 atom stereocenters. The summed E-state index contributed by atoms with van der Waals surface area (Å²) in [5.41, 5.74) is 2.13. The van der Waals surface area contributed by atoms with Crippen molar-refractivity contribution in [1.29, 1.82) is 0 Å². The molecule has 1 amide bonds. The van der Waals surface area contributed by atoms with Crippen LogP contribution in [0.4, 0.5) is 10.8 Å². The number of rotatable bonds is 5. The molecule has 0 bridgehead atoms. The number of nitro groups is 1. The number of ketones is 1. The molecule has 0 unspecified atom stereocenters. The Labute approximate surface area is 203 Å². The number of Topliss-reactive ketones (excluding diaryl/α,β-unsaturated/α-hetero) is 1. The fourth-order valence-electron chi connectivity index (χ4n) is 4.19. The average molecular weight is 486 g/mol. The lowest BCUT2D eigenvalue weighted by atomic mass is 9.95. The van der Waals surface area contributed by atoms with E-state index < -0.39 is 22.7 Å². The molecule has 0 spiro atoms. The molecule has 4 aromatic rings. The summed E-state index contributed by atoms with van der Waals surface area (Å²) in [6.45, 7) is 2.04. The summed E-state index contributed by atoms with van der Waals surface area (Å²) in [6.07, 6.45) is 0.832. The SMILES string of the molecule is CCc1ccc2nc(N3C(=O)C(=O)/C(=C(/O)c4ccccc4)[C@H]3c3cccc([N+](=O)[O-])c3)sc2c1. The summed E-state index contributed by atoms with van der Waals surface area (Å²) in [5.74, 6) is -2.08. The van der Waals surface area contributed by atoms with Gasteiger partial charge in [-0.25, -0.2) is 4.98 Å². The van der Waals surface area contributed by atoms with Crippen LogP contribution in [-0.4, -0.2) is 26.7 Å². The van der Waals surface area contributed by atoms with Crippen molar-refractivity contribution in [2.75, 3.05) is 4.90 Å². The number of aryl methyl sites for hydroxylation is 1. The number of benzene rings is 3. The van der Waals surface area contributed by atoms with Gasteiger partial charge in [0, 0.05) is 17.7 Å². The number of aliphatic hydroxyl groups is 1. The zero-order valence-corrected chi connectivity index (χ0v) is 19.4. The van der Waals surface area contributed by atoms with E-state index >= 15 is 0 Å². The standard InChI is InChI=1S/C26H19N3O5S/c1-2-15-11-12-19-20(13-15)35-26(27-19)28-22(17-9-6-10-18(14-17)29(33)34)21(24(31)25(28)32)23(30)16-7-4-3-5-8-16/h3-14,22,30H,2H2,1H3/b23-21+/t22-/m1/s1. The number of aromatic nitrogens is 1. The molecule has 1 aliphatic heterocycles. The van der Waals surface area contributed by atoms with Crippen LogP contribution in [0, 0.1) is 10.1 Å². The Morgan fingerprint density at radius 2 is 1.86 bits per heavy atom. The quantitative estimate of drug-likeness (QED) is 0.133. The molecule has 0 aliphatic carbocycles. The van der Waals surface area contributed by atoms with Gasteiger partial charge in [-0.15, -0.1) is 0 Å². The van der Waals surface area contributed by atoms with Crippen LogP contribution in [0.2, 0.25) is 0 Å². The lowest BCUT2D eigenvalue weighted by Crippen LogP contribution is -2.29. The summed E-state index contributed by atoms with van der Waals surface area (Å²) in [5, 5.41) is 22.8. The van der Waals surface area contributed by atoms with E-state index in [2.05, 4.69) is 4.98 Å². The van der Waals surface area contributed by atoms with Gasteiger partial charge in [0.15, 0.2) is 5.13 Å². The van der Waals surface area contributed by atoms with Crippen LogP contribution in [0.15, 0.2) is 78.4 Å². The number of hydrogen-bond acceptors (Lipinski definition) is 7. The molecule has 3 aromatic carbocycles. The van der Waals surface area contributed by atoms with Gasteiger partial charge in [-0.05, 0) is 29.7 Å². The molecular formula is C26H19N3O5S. The first-order chi connectivity index (χ1) is 16.9. The highest BCUT2D eigenvalue weighted by atomic mass is 32.1. The Morgan fingerprint density at radius 1 is 1.09 bits per heavy atom. The van der Waals surface area contributed by atoms with E-state index in [4.69, 9.17) is 0 Å². The Bertz CT molecular complexity index is 1530. The molecule has 174 valence electrons. The molecule has 9 heteroatoms. The second kappa shape index (κ2) is 8.77. The van der Waals surface area contributed by atoms with E-state index in [9.17, 15) is 24.8 Å². The van der Waals surface area contributed by atoms with Crippen molar-refractivity contribution >= 4 is 49.8 Å². The summed E-state index contributed by atoms with van der Waals surface area (Å²) in [6, 6.07) is 18.8. The first kappa shape index (κ1) is 22.4. The highest BCUT2D eigenvalue weighted by molar-refractivity contribution is 7.22. The smallest absolute Gasteiger partial charge is 0.301 e. The van der Waals surface area contributed by atoms with Crippen molar-refractivity contribution in [2.45, 2.75) is 19.4 Å². The first-order valence-electron chi connectivity index (χ1n) is 10.9. The van der Waals surface area contributed by atoms with Gasteiger partial charge in [0.1, 0.15) is 5.76 Å². The zero-order chi connectivity index (χ0) is 24.7. The van der Waals surface area contributed by atoms with Gasteiger partial charge in [0.05, 0.1) is 26.8 Å². The third-order valence-corrected chi connectivity index (χ3v) is 6.96. The summed E-state index contributed by atoms with van der Waals surface area (Å²) >= 11 is 1.25. The summed E-state index contributed by atoms with van der Waals surface area (Å²) in [4.78, 5) is 43.3. The average Bonchev–Trinajstić information content (AvgIpc) is 3.41. The molecule has 0 saturated carbocycles. The molecule has 35 heavy (non-hydrogen) atoms. The Kier molecular flexibility index (Phi) is 5.62. The van der Waals surface area contributed by atoms with E-state index in [1.807, 2.05) is 25.1 Å². The van der Waals surface area contributed by atoms with Gasteiger partial charge in [-0.2, -0.15) is 0 Å². The minimum atomic E-state index is -1.08. The van der Waals surface area contributed by atoms with Gasteiger partial charge >= 0.3 is 5.91 Å². The van der Waals surface area contributed by atoms with E-state index in [1.54, 1.807) is 36.4 Å². The van der Waals surface area contributed by atoms with Gasteiger partial charge in [-0.3, -0.25) is 24.6 Å². The maximum absolute atomic E-state index is 13.3. The second-order valence-electron chi connectivity index (χ2n) is 8.04. The highest BCUT2D eigenvalue weighted by Gasteiger charge is 2.48. The summed E-state index contributed by atoms with van der Waals surface area (Å²) < 4.78 is 0.849. The maximum Gasteiger partial charge on any atom is 0.301 e. The van der Waals surface area contributed by atoms with Crippen molar-refractivity contribution in [3.05, 3.63) is 105 Å². The van der Waals surface area contributed by atoms with Gasteiger partial charge in [0.25, 0.3) is 11.5 Å². The first-order valence-corrected chi connectivity index (χ1v) is 11.7. The molecular weight excluding hydrogens is 466 g/mol. The van der Waals surface area contributed by atoms with Crippen molar-refractivity contribution in [1.82, 2.24) is 4.98 Å². The van der Waals surface area contributed by atoms with Crippen molar-refractivity contribution in [3.8, 4) is 0 Å². The van der Waals surface area contributed by atoms with Crippen molar-refractivity contribution in [3.63, 3.8) is 0 Å². The fourth-order valence-corrected chi connectivity index (χ4v) is 5.24. The lowest BCUT2D eigenvalue weighted by molar-refractivity contribution is -0.384. The van der Waals surface area contributed by atoms with E-state index in [1.165, 1.54) is 34.4 Å². The fraction of sp³-hybridized carbons (Fsp3) is 0.115. The van der Waals surface area contributed by atoms with Crippen LogP contribution in [0.5, 0.6) is 0 Å². The van der Waals surface area contributed by atoms with Crippen LogP contribution in [0.25, 0.3) is 16.0 Å². The summed E-state index contributed by atoms with van der Waals surface area (Å²) in [7, 11) is 0. The number of aliphatic hydroxyl groups excluding tert-OH is 1.